The van der Waals surface area contributed by atoms with E-state index in [-0.39, 0.29) is 30.1 Å². The molecule has 0 fully saturated rings. The van der Waals surface area contributed by atoms with E-state index in [0.29, 0.717) is 11.6 Å². The third-order valence-corrected chi connectivity index (χ3v) is 2.53. The van der Waals surface area contributed by atoms with Gasteiger partial charge in [-0.3, -0.25) is 4.99 Å². The molecular weight excluding hydrogens is 377 g/mol. The van der Waals surface area contributed by atoms with Crippen LogP contribution in [0.1, 0.15) is 13.8 Å². The summed E-state index contributed by atoms with van der Waals surface area (Å²) < 4.78 is 5.74. The molecule has 1 aromatic rings. The van der Waals surface area contributed by atoms with Gasteiger partial charge in [-0.15, -0.1) is 24.0 Å². The lowest BCUT2D eigenvalue weighted by Gasteiger charge is -2.17. The van der Waals surface area contributed by atoms with Gasteiger partial charge in [-0.05, 0) is 38.1 Å². The van der Waals surface area contributed by atoms with Gasteiger partial charge in [0.2, 0.25) is 0 Å². The Kier molecular flexibility index (Phi) is 9.77. The van der Waals surface area contributed by atoms with Gasteiger partial charge in [0.05, 0.1) is 6.54 Å². The van der Waals surface area contributed by atoms with Gasteiger partial charge >= 0.3 is 0 Å². The minimum absolute atomic E-state index is 0. The molecule has 1 unspecified atom stereocenters. The lowest BCUT2D eigenvalue weighted by atomic mass is 10.3. The molecule has 0 amide bonds. The van der Waals surface area contributed by atoms with E-state index in [1.807, 2.05) is 38.1 Å². The van der Waals surface area contributed by atoms with Crippen LogP contribution in [0.25, 0.3) is 0 Å². The second-order valence-corrected chi connectivity index (χ2v) is 4.30. The first kappa shape index (κ1) is 18.3. The van der Waals surface area contributed by atoms with Crippen molar-refractivity contribution in [2.45, 2.75) is 20.0 Å². The second-order valence-electron chi connectivity index (χ2n) is 3.87. The Balaban J connectivity index is 0.00000324. The molecule has 4 nitrogen and oxygen atoms in total. The fourth-order valence-corrected chi connectivity index (χ4v) is 1.54. The van der Waals surface area contributed by atoms with Gasteiger partial charge in [-0.25, -0.2) is 0 Å². The lowest BCUT2D eigenvalue weighted by Crippen LogP contribution is -2.41. The largest absolute Gasteiger partial charge is 0.489 e. The van der Waals surface area contributed by atoms with E-state index >= 15 is 0 Å². The van der Waals surface area contributed by atoms with Gasteiger partial charge in [0, 0.05) is 18.6 Å². The van der Waals surface area contributed by atoms with Crippen LogP contribution in [0.4, 0.5) is 0 Å². The molecule has 0 aliphatic heterocycles. The maximum Gasteiger partial charge on any atom is 0.191 e. The molecule has 0 heterocycles. The number of rotatable bonds is 5. The lowest BCUT2D eigenvalue weighted by molar-refractivity contribution is 0.224. The van der Waals surface area contributed by atoms with Crippen molar-refractivity contribution in [1.29, 1.82) is 0 Å². The molecule has 0 saturated carbocycles. The molecule has 0 aliphatic carbocycles. The van der Waals surface area contributed by atoms with Crippen molar-refractivity contribution in [1.82, 2.24) is 10.6 Å². The summed E-state index contributed by atoms with van der Waals surface area (Å²) in [5.74, 6) is 1.59. The van der Waals surface area contributed by atoms with Crippen LogP contribution in [-0.2, 0) is 0 Å². The first-order valence-corrected chi connectivity index (χ1v) is 6.40. The van der Waals surface area contributed by atoms with Crippen molar-refractivity contribution in [3.05, 3.63) is 29.3 Å². The molecular formula is C13H21ClIN3O. The molecule has 2 N–H and O–H groups in total. The quantitative estimate of drug-likeness (QED) is 0.456. The molecule has 1 rings (SSSR count). The number of nitrogens with zero attached hydrogens (tertiary/aromatic N) is 1. The maximum absolute atomic E-state index is 5.81. The predicted octanol–water partition coefficient (Wildman–Crippen LogP) is 2.91. The number of benzene rings is 1. The van der Waals surface area contributed by atoms with Gasteiger partial charge in [0.1, 0.15) is 11.9 Å². The average Bonchev–Trinajstić information content (AvgIpc) is 2.37. The minimum atomic E-state index is 0. The molecule has 19 heavy (non-hydrogen) atoms. The molecule has 0 bridgehead atoms. The van der Waals surface area contributed by atoms with Crippen LogP contribution < -0.4 is 15.4 Å². The molecule has 1 aromatic carbocycles. The Morgan fingerprint density at radius 3 is 2.47 bits per heavy atom. The summed E-state index contributed by atoms with van der Waals surface area (Å²) in [6, 6.07) is 7.35. The zero-order valence-corrected chi connectivity index (χ0v) is 14.5. The van der Waals surface area contributed by atoms with Gasteiger partial charge in [0.15, 0.2) is 5.96 Å². The van der Waals surface area contributed by atoms with Crippen LogP contribution in [0.5, 0.6) is 5.75 Å². The number of halogens is 2. The van der Waals surface area contributed by atoms with E-state index in [0.717, 1.165) is 18.3 Å². The van der Waals surface area contributed by atoms with Crippen molar-refractivity contribution >= 4 is 41.5 Å². The number of nitrogens with one attached hydrogen (secondary N) is 2. The predicted molar refractivity (Wildman–Crippen MR) is 92.0 cm³/mol. The third-order valence-electron chi connectivity index (χ3n) is 2.28. The Bertz CT molecular complexity index is 384. The minimum Gasteiger partial charge on any atom is -0.489 e. The number of hydrogen-bond acceptors (Lipinski definition) is 2. The number of guanidine groups is 1. The summed E-state index contributed by atoms with van der Waals surface area (Å²) in [6.07, 6.45) is 0.0431. The van der Waals surface area contributed by atoms with Crippen LogP contribution >= 0.6 is 35.6 Å². The standard InChI is InChI=1S/C13H20ClN3O.HI/c1-4-16-13(15-3)17-9-10(2)18-12-7-5-11(14)6-8-12;/h5-8,10H,4,9H2,1-3H3,(H2,15,16,17);1H. The molecule has 0 radical (unpaired) electrons. The highest BCUT2D eigenvalue weighted by atomic mass is 127. The summed E-state index contributed by atoms with van der Waals surface area (Å²) in [5.41, 5.74) is 0. The SMILES string of the molecule is CCNC(=NC)NCC(C)Oc1ccc(Cl)cc1.I. The molecule has 108 valence electrons. The van der Waals surface area contributed by atoms with Crippen molar-refractivity contribution in [2.24, 2.45) is 4.99 Å². The smallest absolute Gasteiger partial charge is 0.191 e. The molecule has 6 heteroatoms. The summed E-state index contributed by atoms with van der Waals surface area (Å²) >= 11 is 5.81. The maximum atomic E-state index is 5.81. The average molecular weight is 398 g/mol. The van der Waals surface area contributed by atoms with Crippen LogP contribution in [0.2, 0.25) is 5.02 Å². The summed E-state index contributed by atoms with van der Waals surface area (Å²) in [7, 11) is 1.75. The Labute approximate surface area is 137 Å². The summed E-state index contributed by atoms with van der Waals surface area (Å²) in [4.78, 5) is 4.09. The molecule has 1 atom stereocenters. The first-order chi connectivity index (χ1) is 8.65. The highest BCUT2D eigenvalue weighted by Gasteiger charge is 2.05. The van der Waals surface area contributed by atoms with Crippen LogP contribution in [0.3, 0.4) is 0 Å². The summed E-state index contributed by atoms with van der Waals surface area (Å²) in [5, 5.41) is 7.02. The molecule has 0 aliphatic rings. The fourth-order valence-electron chi connectivity index (χ4n) is 1.42. The second kappa shape index (κ2) is 10.1. The number of aliphatic imine (C=N–C) groups is 1. The zero-order chi connectivity index (χ0) is 13.4. The van der Waals surface area contributed by atoms with Crippen molar-refractivity contribution in [2.75, 3.05) is 20.1 Å². The Morgan fingerprint density at radius 1 is 1.32 bits per heavy atom. The summed E-state index contributed by atoms with van der Waals surface area (Å²) in [6.45, 7) is 5.55. The highest BCUT2D eigenvalue weighted by Crippen LogP contribution is 2.16. The fraction of sp³-hybridized carbons (Fsp3) is 0.462. The van der Waals surface area contributed by atoms with E-state index in [1.165, 1.54) is 0 Å². The van der Waals surface area contributed by atoms with Crippen molar-refractivity contribution < 1.29 is 4.74 Å². The van der Waals surface area contributed by atoms with E-state index < -0.39 is 0 Å². The first-order valence-electron chi connectivity index (χ1n) is 6.02. The normalized spacial score (nSPS) is 12.3. The number of ether oxygens (including phenoxy) is 1. The molecule has 0 spiro atoms. The van der Waals surface area contributed by atoms with Gasteiger partial charge in [-0.1, -0.05) is 11.6 Å². The highest BCUT2D eigenvalue weighted by molar-refractivity contribution is 14.0. The van der Waals surface area contributed by atoms with Crippen molar-refractivity contribution in [3.63, 3.8) is 0 Å². The monoisotopic (exact) mass is 397 g/mol. The topological polar surface area (TPSA) is 45.7 Å². The van der Waals surface area contributed by atoms with Crippen LogP contribution in [0.15, 0.2) is 29.3 Å². The molecule has 0 aromatic heterocycles. The zero-order valence-electron chi connectivity index (χ0n) is 11.4. The third kappa shape index (κ3) is 7.47. The van der Waals surface area contributed by atoms with Gasteiger partial charge < -0.3 is 15.4 Å². The van der Waals surface area contributed by atoms with E-state index in [1.54, 1.807) is 7.05 Å². The Hall–Kier alpha value is -0.690. The van der Waals surface area contributed by atoms with Crippen LogP contribution in [-0.4, -0.2) is 32.2 Å². The molecule has 0 saturated heterocycles. The van der Waals surface area contributed by atoms with Crippen molar-refractivity contribution in [3.8, 4) is 5.75 Å². The van der Waals surface area contributed by atoms with E-state index in [4.69, 9.17) is 16.3 Å². The van der Waals surface area contributed by atoms with Gasteiger partial charge in [-0.2, -0.15) is 0 Å². The van der Waals surface area contributed by atoms with Gasteiger partial charge in [0.25, 0.3) is 0 Å². The van der Waals surface area contributed by atoms with Crippen LogP contribution in [0, 0.1) is 0 Å². The number of hydrogen-bond donors (Lipinski definition) is 2. The van der Waals surface area contributed by atoms with E-state index in [2.05, 4.69) is 15.6 Å². The van der Waals surface area contributed by atoms with E-state index in [9.17, 15) is 0 Å². The Morgan fingerprint density at radius 2 is 1.95 bits per heavy atom.